The van der Waals surface area contributed by atoms with Gasteiger partial charge in [0.2, 0.25) is 5.28 Å². The highest BCUT2D eigenvalue weighted by molar-refractivity contribution is 6.28. The van der Waals surface area contributed by atoms with Crippen LogP contribution in [0.15, 0.2) is 146 Å². The number of hydrogen-bond donors (Lipinski definition) is 0. The monoisotopic (exact) mass is 675 g/mol. The largest absolute Gasteiger partial charge is 0.352 e. The second kappa shape index (κ2) is 14.8. The molecule has 0 amide bonds. The molecule has 0 aliphatic heterocycles. The van der Waals surface area contributed by atoms with Crippen molar-refractivity contribution < 1.29 is 0 Å². The van der Waals surface area contributed by atoms with Crippen molar-refractivity contribution in [2.75, 3.05) is 11.4 Å². The molecule has 0 aliphatic rings. The summed E-state index contributed by atoms with van der Waals surface area (Å²) in [6.45, 7) is 5.73. The molecule has 7 rings (SSSR count). The van der Waals surface area contributed by atoms with Gasteiger partial charge in [-0.3, -0.25) is 0 Å². The number of aryl methyl sites for hydroxylation is 1. The van der Waals surface area contributed by atoms with E-state index in [4.69, 9.17) is 21.9 Å². The third-order valence-electron chi connectivity index (χ3n) is 9.09. The van der Waals surface area contributed by atoms with Gasteiger partial charge >= 0.3 is 0 Å². The van der Waals surface area contributed by atoms with Crippen LogP contribution in [0.4, 0.5) is 5.82 Å². The summed E-state index contributed by atoms with van der Waals surface area (Å²) in [5.41, 5.74) is 7.41. The molecule has 7 nitrogen and oxygen atoms in total. The van der Waals surface area contributed by atoms with E-state index in [9.17, 15) is 0 Å². The van der Waals surface area contributed by atoms with Crippen molar-refractivity contribution in [1.82, 2.24) is 30.2 Å². The molecule has 0 spiro atoms. The molecule has 5 aromatic carbocycles. The Morgan fingerprint density at radius 1 is 0.680 bits per heavy atom. The van der Waals surface area contributed by atoms with Gasteiger partial charge in [-0.1, -0.05) is 153 Å². The van der Waals surface area contributed by atoms with Crippen LogP contribution in [0.25, 0.3) is 22.5 Å². The van der Waals surface area contributed by atoms with E-state index >= 15 is 0 Å². The molecule has 248 valence electrons. The van der Waals surface area contributed by atoms with Crippen LogP contribution in [0.5, 0.6) is 0 Å². The topological polar surface area (TPSA) is 72.6 Å². The van der Waals surface area contributed by atoms with Crippen LogP contribution < -0.4 is 4.90 Å². The number of unbranched alkanes of at least 4 members (excludes halogenated alkanes) is 1. The van der Waals surface area contributed by atoms with Crippen LogP contribution in [-0.2, 0) is 12.1 Å². The summed E-state index contributed by atoms with van der Waals surface area (Å²) in [5.74, 6) is 1.51. The van der Waals surface area contributed by atoms with Gasteiger partial charge in [-0.25, -0.2) is 14.6 Å². The van der Waals surface area contributed by atoms with Gasteiger partial charge in [0.1, 0.15) is 11.4 Å². The molecule has 0 unspecified atom stereocenters. The lowest BCUT2D eigenvalue weighted by Crippen LogP contribution is -2.39. The first-order chi connectivity index (χ1) is 24.6. The highest BCUT2D eigenvalue weighted by Gasteiger charge is 2.42. The van der Waals surface area contributed by atoms with E-state index in [0.717, 1.165) is 64.3 Å². The quantitative estimate of drug-likeness (QED) is 0.0949. The SMILES string of the molecule is CCCCN(Cc1ccc(-c2ccccc2-c2nnnn2C(c2ccccc2)(c2ccccc2)c2ccccc2)cc1)c1cc(C)nc(Cl)n1. The van der Waals surface area contributed by atoms with Crippen molar-refractivity contribution in [2.45, 2.75) is 38.8 Å². The fourth-order valence-electron chi connectivity index (χ4n) is 6.73. The minimum absolute atomic E-state index is 0.270. The van der Waals surface area contributed by atoms with Crippen molar-refractivity contribution in [3.8, 4) is 22.5 Å². The zero-order chi connectivity index (χ0) is 34.3. The highest BCUT2D eigenvalue weighted by Crippen LogP contribution is 2.43. The van der Waals surface area contributed by atoms with Gasteiger partial charge in [0.05, 0.1) is 0 Å². The molecule has 0 atom stereocenters. The lowest BCUT2D eigenvalue weighted by Gasteiger charge is -2.36. The second-order valence-corrected chi connectivity index (χ2v) is 12.7. The Bertz CT molecular complexity index is 2030. The first kappa shape index (κ1) is 32.9. The summed E-state index contributed by atoms with van der Waals surface area (Å²) in [4.78, 5) is 11.1. The molecular weight excluding hydrogens is 638 g/mol. The fraction of sp³-hybridized carbons (Fsp3) is 0.167. The summed E-state index contributed by atoms with van der Waals surface area (Å²) in [7, 11) is 0. The highest BCUT2D eigenvalue weighted by atomic mass is 35.5. The molecule has 2 aromatic heterocycles. The Hall–Kier alpha value is -5.66. The molecule has 0 saturated carbocycles. The number of aromatic nitrogens is 6. The van der Waals surface area contributed by atoms with Crippen LogP contribution in [-0.4, -0.2) is 36.7 Å². The molecule has 0 N–H and O–H groups in total. The Kier molecular flexibility index (Phi) is 9.76. The van der Waals surface area contributed by atoms with Crippen molar-refractivity contribution in [3.05, 3.63) is 179 Å². The third-order valence-corrected chi connectivity index (χ3v) is 9.26. The summed E-state index contributed by atoms with van der Waals surface area (Å²) >= 11 is 6.26. The first-order valence-corrected chi connectivity index (χ1v) is 17.4. The van der Waals surface area contributed by atoms with Gasteiger partial charge in [0.15, 0.2) is 5.82 Å². The van der Waals surface area contributed by atoms with Crippen LogP contribution in [0.1, 0.15) is 47.7 Å². The van der Waals surface area contributed by atoms with E-state index in [-0.39, 0.29) is 5.28 Å². The molecule has 0 saturated heterocycles. The van der Waals surface area contributed by atoms with Gasteiger partial charge in [0, 0.05) is 30.4 Å². The number of hydrogen-bond acceptors (Lipinski definition) is 6. The van der Waals surface area contributed by atoms with Gasteiger partial charge in [-0.15, -0.1) is 5.10 Å². The van der Waals surface area contributed by atoms with Crippen LogP contribution >= 0.6 is 11.6 Å². The number of rotatable bonds is 12. The maximum absolute atomic E-state index is 6.26. The molecule has 0 bridgehead atoms. The summed E-state index contributed by atoms with van der Waals surface area (Å²) in [5, 5.41) is 14.1. The Labute approximate surface area is 298 Å². The zero-order valence-corrected chi connectivity index (χ0v) is 28.9. The standard InChI is InChI=1S/C42H38ClN7/c1-3-4-28-49(39-29-31(2)44-41(43)45-39)30-32-24-26-33(27-25-32)37-22-14-15-23-38(37)40-46-47-48-50(40)42(34-16-8-5-9-17-34,35-18-10-6-11-19-35)36-20-12-7-13-21-36/h5-27,29H,3-4,28,30H2,1-2H3. The summed E-state index contributed by atoms with van der Waals surface area (Å²) in [6.07, 6.45) is 2.14. The Morgan fingerprint density at radius 3 is 1.80 bits per heavy atom. The number of tetrazole rings is 1. The van der Waals surface area contributed by atoms with Crippen LogP contribution in [0.2, 0.25) is 5.28 Å². The molecule has 50 heavy (non-hydrogen) atoms. The lowest BCUT2D eigenvalue weighted by molar-refractivity contribution is 0.451. The number of nitrogens with zero attached hydrogens (tertiary/aromatic N) is 7. The summed E-state index contributed by atoms with van der Waals surface area (Å²) < 4.78 is 1.99. The molecule has 8 heteroatoms. The number of halogens is 1. The fourth-order valence-corrected chi connectivity index (χ4v) is 6.95. The van der Waals surface area contributed by atoms with E-state index in [0.29, 0.717) is 12.4 Å². The molecule has 0 aliphatic carbocycles. The van der Waals surface area contributed by atoms with Gasteiger partial charge in [-0.05, 0) is 68.8 Å². The predicted molar refractivity (Wildman–Crippen MR) is 201 cm³/mol. The predicted octanol–water partition coefficient (Wildman–Crippen LogP) is 9.41. The molecule has 0 fully saturated rings. The number of anilines is 1. The average molecular weight is 676 g/mol. The minimum atomic E-state index is -0.843. The Morgan fingerprint density at radius 2 is 1.24 bits per heavy atom. The van der Waals surface area contributed by atoms with E-state index in [1.165, 1.54) is 5.56 Å². The Balaban J connectivity index is 1.31. The first-order valence-electron chi connectivity index (χ1n) is 17.0. The van der Waals surface area contributed by atoms with Crippen LogP contribution in [0, 0.1) is 6.92 Å². The van der Waals surface area contributed by atoms with E-state index in [1.807, 2.05) is 41.9 Å². The molecule has 0 radical (unpaired) electrons. The minimum Gasteiger partial charge on any atom is -0.352 e. The zero-order valence-electron chi connectivity index (χ0n) is 28.2. The van der Waals surface area contributed by atoms with Gasteiger partial charge in [-0.2, -0.15) is 0 Å². The normalized spacial score (nSPS) is 11.4. The maximum Gasteiger partial charge on any atom is 0.224 e. The summed E-state index contributed by atoms with van der Waals surface area (Å²) in [6, 6.07) is 50.5. The lowest BCUT2D eigenvalue weighted by atomic mass is 9.77. The van der Waals surface area contributed by atoms with Crippen molar-refractivity contribution in [2.24, 2.45) is 0 Å². The third kappa shape index (κ3) is 6.52. The van der Waals surface area contributed by atoms with Crippen molar-refractivity contribution >= 4 is 17.4 Å². The molecular formula is C42H38ClN7. The van der Waals surface area contributed by atoms with Crippen LogP contribution in [0.3, 0.4) is 0 Å². The molecule has 2 heterocycles. The maximum atomic E-state index is 6.26. The van der Waals surface area contributed by atoms with E-state index < -0.39 is 5.54 Å². The number of benzene rings is 5. The van der Waals surface area contributed by atoms with E-state index in [1.54, 1.807) is 0 Å². The average Bonchev–Trinajstić information content (AvgIpc) is 3.65. The van der Waals surface area contributed by atoms with E-state index in [2.05, 4.69) is 142 Å². The van der Waals surface area contributed by atoms with Gasteiger partial charge in [0.25, 0.3) is 0 Å². The molecule has 7 aromatic rings. The second-order valence-electron chi connectivity index (χ2n) is 12.4. The van der Waals surface area contributed by atoms with Crippen molar-refractivity contribution in [3.63, 3.8) is 0 Å². The smallest absolute Gasteiger partial charge is 0.224 e. The van der Waals surface area contributed by atoms with Crippen molar-refractivity contribution in [1.29, 1.82) is 0 Å². The van der Waals surface area contributed by atoms with Gasteiger partial charge < -0.3 is 4.90 Å².